The Labute approximate surface area is 144 Å². The maximum atomic E-state index is 2.51. The first kappa shape index (κ1) is 14.0. The highest BCUT2D eigenvalue weighted by Crippen LogP contribution is 2.78. The quantitative estimate of drug-likeness (QED) is 0.584. The van der Waals surface area contributed by atoms with E-state index in [2.05, 4.69) is 91.9 Å². The van der Waals surface area contributed by atoms with Crippen LogP contribution in [0.25, 0.3) is 0 Å². The minimum Gasteiger partial charge on any atom is -0.0622 e. The molecule has 0 aliphatic heterocycles. The maximum absolute atomic E-state index is 2.51. The van der Waals surface area contributed by atoms with E-state index in [9.17, 15) is 0 Å². The molecule has 0 heterocycles. The van der Waals surface area contributed by atoms with E-state index in [1.54, 1.807) is 5.56 Å². The second-order valence-electron chi connectivity index (χ2n) is 7.72. The van der Waals surface area contributed by atoms with Gasteiger partial charge in [0.2, 0.25) is 0 Å². The van der Waals surface area contributed by atoms with Crippen molar-refractivity contribution in [2.24, 2.45) is 5.41 Å². The molecule has 0 aromatic heterocycles. The van der Waals surface area contributed by atoms with E-state index in [4.69, 9.17) is 0 Å². The first-order chi connectivity index (χ1) is 11.8. The molecule has 3 atom stereocenters. The predicted molar refractivity (Wildman–Crippen MR) is 99.3 cm³/mol. The van der Waals surface area contributed by atoms with Gasteiger partial charge in [-0.3, -0.25) is 0 Å². The van der Waals surface area contributed by atoms with Crippen LogP contribution in [0.2, 0.25) is 0 Å². The Hall–Kier alpha value is -2.34. The van der Waals surface area contributed by atoms with Crippen LogP contribution in [0.5, 0.6) is 0 Å². The molecule has 3 aromatic rings. The molecule has 0 N–H and O–H groups in total. The first-order valence-corrected chi connectivity index (χ1v) is 8.93. The van der Waals surface area contributed by atoms with Gasteiger partial charge in [-0.25, -0.2) is 0 Å². The van der Waals surface area contributed by atoms with Crippen LogP contribution in [0, 0.1) is 5.41 Å². The van der Waals surface area contributed by atoms with Crippen molar-refractivity contribution in [2.75, 3.05) is 0 Å². The van der Waals surface area contributed by atoms with Crippen LogP contribution in [0.3, 0.4) is 0 Å². The molecule has 5 rings (SSSR count). The topological polar surface area (TPSA) is 0 Å². The Morgan fingerprint density at radius 2 is 1.21 bits per heavy atom. The smallest absolute Gasteiger partial charge is 0.0131 e. The van der Waals surface area contributed by atoms with Gasteiger partial charge in [0.25, 0.3) is 0 Å². The summed E-state index contributed by atoms with van der Waals surface area (Å²) >= 11 is 0. The largest absolute Gasteiger partial charge is 0.0622 e. The number of hydrogen-bond acceptors (Lipinski definition) is 0. The Morgan fingerprint density at radius 1 is 0.667 bits per heavy atom. The summed E-state index contributed by atoms with van der Waals surface area (Å²) in [5.41, 5.74) is 6.64. The molecule has 0 radical (unpaired) electrons. The van der Waals surface area contributed by atoms with Gasteiger partial charge in [0.05, 0.1) is 0 Å². The van der Waals surface area contributed by atoms with Gasteiger partial charge in [-0.15, -0.1) is 0 Å². The molecule has 2 aliphatic carbocycles. The summed E-state index contributed by atoms with van der Waals surface area (Å²) in [4.78, 5) is 0. The van der Waals surface area contributed by atoms with Crippen LogP contribution < -0.4 is 0 Å². The fourth-order valence-electron chi connectivity index (χ4n) is 5.55. The van der Waals surface area contributed by atoms with Crippen LogP contribution in [-0.4, -0.2) is 0 Å². The van der Waals surface area contributed by atoms with E-state index >= 15 is 0 Å². The van der Waals surface area contributed by atoms with Crippen molar-refractivity contribution >= 4 is 0 Å². The minimum absolute atomic E-state index is 0.240. The van der Waals surface area contributed by atoms with Crippen LogP contribution in [0.1, 0.15) is 35.1 Å². The van der Waals surface area contributed by atoms with Crippen molar-refractivity contribution in [1.82, 2.24) is 0 Å². The highest BCUT2D eigenvalue weighted by Gasteiger charge is 2.75. The molecule has 1 fully saturated rings. The summed E-state index contributed by atoms with van der Waals surface area (Å²) in [5.74, 6) is 0.598. The molecular weight excluding hydrogens is 288 g/mol. The molecule has 0 bridgehead atoms. The zero-order chi connectivity index (χ0) is 16.2. The van der Waals surface area contributed by atoms with Crippen molar-refractivity contribution in [1.29, 1.82) is 0 Å². The van der Waals surface area contributed by atoms with E-state index in [1.165, 1.54) is 23.1 Å². The van der Waals surface area contributed by atoms with Gasteiger partial charge in [0, 0.05) is 11.3 Å². The Bertz CT molecular complexity index is 880. The molecule has 0 spiro atoms. The lowest BCUT2D eigenvalue weighted by Crippen LogP contribution is -2.26. The lowest BCUT2D eigenvalue weighted by molar-refractivity contribution is 0.422. The Balaban J connectivity index is 1.71. The zero-order valence-corrected chi connectivity index (χ0v) is 14.1. The fourth-order valence-corrected chi connectivity index (χ4v) is 5.55. The number of benzene rings is 3. The number of fused-ring (bicyclic) bond motifs is 2. The maximum Gasteiger partial charge on any atom is 0.0131 e. The van der Waals surface area contributed by atoms with E-state index in [-0.39, 0.29) is 5.41 Å². The molecule has 2 aliphatic rings. The SMILES string of the molecule is C[C@@]12Cc3ccccc3C[C@]1(c1ccccc1)[C@H]2c1ccccc1. The average Bonchev–Trinajstić information content (AvgIpc) is 3.20. The first-order valence-electron chi connectivity index (χ1n) is 8.93. The summed E-state index contributed by atoms with van der Waals surface area (Å²) in [5, 5.41) is 0. The Kier molecular flexibility index (Phi) is 2.83. The molecule has 1 saturated carbocycles. The third kappa shape index (κ3) is 1.69. The summed E-state index contributed by atoms with van der Waals surface area (Å²) in [6, 6.07) is 31.4. The monoisotopic (exact) mass is 310 g/mol. The normalized spacial score (nSPS) is 30.3. The summed E-state index contributed by atoms with van der Waals surface area (Å²) < 4.78 is 0. The van der Waals surface area contributed by atoms with Gasteiger partial charge in [-0.1, -0.05) is 91.9 Å². The van der Waals surface area contributed by atoms with Crippen LogP contribution >= 0.6 is 0 Å². The van der Waals surface area contributed by atoms with E-state index in [0.717, 1.165) is 6.42 Å². The van der Waals surface area contributed by atoms with Gasteiger partial charge >= 0.3 is 0 Å². The standard InChI is InChI=1S/C24H22/c1-23-16-19-12-8-9-13-20(19)17-24(23,21-14-6-3-7-15-21)22(23)18-10-4-2-5-11-18/h2-15,22H,16-17H2,1H3/t22-,23-,24-/m0/s1. The molecule has 118 valence electrons. The van der Waals surface area contributed by atoms with Crippen molar-refractivity contribution in [3.63, 3.8) is 0 Å². The van der Waals surface area contributed by atoms with E-state index in [1.807, 2.05) is 0 Å². The van der Waals surface area contributed by atoms with Crippen molar-refractivity contribution in [3.8, 4) is 0 Å². The van der Waals surface area contributed by atoms with Crippen molar-refractivity contribution < 1.29 is 0 Å². The Morgan fingerprint density at radius 3 is 1.88 bits per heavy atom. The van der Waals surface area contributed by atoms with E-state index < -0.39 is 0 Å². The van der Waals surface area contributed by atoms with Gasteiger partial charge in [0.1, 0.15) is 0 Å². The van der Waals surface area contributed by atoms with Crippen molar-refractivity contribution in [2.45, 2.75) is 31.1 Å². The lowest BCUT2D eigenvalue weighted by atomic mass is 9.73. The molecule has 0 nitrogen and oxygen atoms in total. The predicted octanol–water partition coefficient (Wildman–Crippen LogP) is 5.53. The van der Waals surface area contributed by atoms with Gasteiger partial charge in [-0.2, -0.15) is 0 Å². The van der Waals surface area contributed by atoms with Gasteiger partial charge in [0.15, 0.2) is 0 Å². The van der Waals surface area contributed by atoms with Gasteiger partial charge < -0.3 is 0 Å². The summed E-state index contributed by atoms with van der Waals surface area (Å²) in [6.07, 6.45) is 2.33. The lowest BCUT2D eigenvalue weighted by Gasteiger charge is -2.30. The second-order valence-corrected chi connectivity index (χ2v) is 7.72. The number of rotatable bonds is 2. The summed E-state index contributed by atoms with van der Waals surface area (Å²) in [6.45, 7) is 2.51. The molecule has 24 heavy (non-hydrogen) atoms. The third-order valence-corrected chi connectivity index (χ3v) is 6.63. The molecule has 0 heteroatoms. The molecule has 0 amide bonds. The molecular formula is C24H22. The van der Waals surface area contributed by atoms with Crippen LogP contribution in [-0.2, 0) is 18.3 Å². The second kappa shape index (κ2) is 4.83. The fraction of sp³-hybridized carbons (Fsp3) is 0.250. The molecule has 0 saturated heterocycles. The number of hydrogen-bond donors (Lipinski definition) is 0. The van der Waals surface area contributed by atoms with Crippen molar-refractivity contribution in [3.05, 3.63) is 107 Å². The van der Waals surface area contributed by atoms with E-state index in [0.29, 0.717) is 11.3 Å². The zero-order valence-electron chi connectivity index (χ0n) is 14.1. The minimum atomic E-state index is 0.240. The molecule has 3 aromatic carbocycles. The highest BCUT2D eigenvalue weighted by molar-refractivity contribution is 5.56. The van der Waals surface area contributed by atoms with Crippen LogP contribution in [0.15, 0.2) is 84.9 Å². The third-order valence-electron chi connectivity index (χ3n) is 6.63. The van der Waals surface area contributed by atoms with Gasteiger partial charge in [-0.05, 0) is 40.5 Å². The van der Waals surface area contributed by atoms with Crippen LogP contribution in [0.4, 0.5) is 0 Å². The summed E-state index contributed by atoms with van der Waals surface area (Å²) in [7, 11) is 0. The highest BCUT2D eigenvalue weighted by atomic mass is 14.8. The molecule has 0 unspecified atom stereocenters. The average molecular weight is 310 g/mol.